The number of amides is 1. The fourth-order valence-corrected chi connectivity index (χ4v) is 2.61. The molecule has 104 valence electrons. The van der Waals surface area contributed by atoms with Gasteiger partial charge in [0, 0.05) is 18.1 Å². The van der Waals surface area contributed by atoms with E-state index in [0.29, 0.717) is 0 Å². The number of benzene rings is 1. The van der Waals surface area contributed by atoms with Gasteiger partial charge < -0.3 is 5.32 Å². The average molecular weight is 270 g/mol. The van der Waals surface area contributed by atoms with Crippen molar-refractivity contribution >= 4 is 11.6 Å². The Hall–Kier alpha value is -2.14. The molecule has 5 nitrogen and oxygen atoms in total. The molecule has 20 heavy (non-hydrogen) atoms. The third-order valence-corrected chi connectivity index (χ3v) is 3.71. The van der Waals surface area contributed by atoms with E-state index in [-0.39, 0.29) is 11.9 Å². The maximum Gasteiger partial charge on any atom is 0.241 e. The Bertz CT molecular complexity index is 594. The van der Waals surface area contributed by atoms with Crippen LogP contribution in [-0.4, -0.2) is 40.2 Å². The SMILES string of the molecule is CN1CCCC1C(=O)Nc1cccc(-n2cccn2)c1. The van der Waals surface area contributed by atoms with Gasteiger partial charge in [0.25, 0.3) is 0 Å². The molecule has 1 fully saturated rings. The first kappa shape index (κ1) is 12.9. The number of hydrogen-bond acceptors (Lipinski definition) is 3. The Labute approximate surface area is 118 Å². The van der Waals surface area contributed by atoms with Crippen molar-refractivity contribution in [3.8, 4) is 5.69 Å². The maximum atomic E-state index is 12.2. The predicted molar refractivity (Wildman–Crippen MR) is 77.8 cm³/mol. The molecular formula is C15H18N4O. The van der Waals surface area contributed by atoms with Crippen LogP contribution in [-0.2, 0) is 4.79 Å². The highest BCUT2D eigenvalue weighted by Crippen LogP contribution is 2.18. The zero-order chi connectivity index (χ0) is 13.9. The molecule has 1 aromatic heterocycles. The van der Waals surface area contributed by atoms with Crippen molar-refractivity contribution in [3.63, 3.8) is 0 Å². The molecule has 1 amide bonds. The molecule has 0 radical (unpaired) electrons. The van der Waals surface area contributed by atoms with Gasteiger partial charge in [0.15, 0.2) is 0 Å². The van der Waals surface area contributed by atoms with E-state index in [1.54, 1.807) is 10.9 Å². The number of aromatic nitrogens is 2. The Morgan fingerprint density at radius 1 is 1.40 bits per heavy atom. The zero-order valence-electron chi connectivity index (χ0n) is 11.5. The Balaban J connectivity index is 1.74. The number of anilines is 1. The second-order valence-corrected chi connectivity index (χ2v) is 5.13. The first-order valence-corrected chi connectivity index (χ1v) is 6.85. The third kappa shape index (κ3) is 2.58. The summed E-state index contributed by atoms with van der Waals surface area (Å²) < 4.78 is 1.78. The predicted octanol–water partition coefficient (Wildman–Crippen LogP) is 1.90. The largest absolute Gasteiger partial charge is 0.325 e. The van der Waals surface area contributed by atoms with Gasteiger partial charge in [0.05, 0.1) is 11.7 Å². The van der Waals surface area contributed by atoms with Crippen LogP contribution < -0.4 is 5.32 Å². The number of likely N-dealkylation sites (N-methyl/N-ethyl adjacent to an activating group) is 1. The summed E-state index contributed by atoms with van der Waals surface area (Å²) in [6.07, 6.45) is 5.63. The number of carbonyl (C=O) groups is 1. The van der Waals surface area contributed by atoms with Crippen LogP contribution >= 0.6 is 0 Å². The van der Waals surface area contributed by atoms with Crippen LogP contribution in [0.15, 0.2) is 42.7 Å². The van der Waals surface area contributed by atoms with Gasteiger partial charge in [0.2, 0.25) is 5.91 Å². The smallest absolute Gasteiger partial charge is 0.241 e. The second kappa shape index (κ2) is 5.46. The molecule has 1 atom stereocenters. The summed E-state index contributed by atoms with van der Waals surface area (Å²) in [5.74, 6) is 0.0719. The number of hydrogen-bond donors (Lipinski definition) is 1. The molecular weight excluding hydrogens is 252 g/mol. The Kier molecular flexibility index (Phi) is 3.52. The van der Waals surface area contributed by atoms with Crippen LogP contribution in [0.25, 0.3) is 5.69 Å². The van der Waals surface area contributed by atoms with Crippen LogP contribution in [0.2, 0.25) is 0 Å². The molecule has 1 aliphatic rings. The van der Waals surface area contributed by atoms with Crippen LogP contribution in [0.4, 0.5) is 5.69 Å². The Morgan fingerprint density at radius 2 is 2.30 bits per heavy atom. The van der Waals surface area contributed by atoms with Gasteiger partial charge in [-0.25, -0.2) is 4.68 Å². The molecule has 0 spiro atoms. The Morgan fingerprint density at radius 3 is 3.00 bits per heavy atom. The molecule has 0 aliphatic carbocycles. The third-order valence-electron chi connectivity index (χ3n) is 3.71. The number of nitrogens with one attached hydrogen (secondary N) is 1. The quantitative estimate of drug-likeness (QED) is 0.927. The standard InChI is InChI=1S/C15H18N4O/c1-18-9-3-7-14(18)15(20)17-12-5-2-6-13(11-12)19-10-4-8-16-19/h2,4-6,8,10-11,14H,3,7,9H2,1H3,(H,17,20). The van der Waals surface area contributed by atoms with Crippen molar-refractivity contribution in [2.45, 2.75) is 18.9 Å². The van der Waals surface area contributed by atoms with E-state index < -0.39 is 0 Å². The molecule has 0 saturated carbocycles. The summed E-state index contributed by atoms with van der Waals surface area (Å²) in [6, 6.07) is 9.58. The molecule has 1 unspecified atom stereocenters. The zero-order valence-corrected chi connectivity index (χ0v) is 11.5. The van der Waals surface area contributed by atoms with E-state index in [1.807, 2.05) is 43.6 Å². The highest BCUT2D eigenvalue weighted by molar-refractivity contribution is 5.95. The first-order valence-electron chi connectivity index (χ1n) is 6.85. The summed E-state index contributed by atoms with van der Waals surface area (Å²) in [7, 11) is 2.00. The van der Waals surface area contributed by atoms with Crippen molar-refractivity contribution in [1.29, 1.82) is 0 Å². The summed E-state index contributed by atoms with van der Waals surface area (Å²) in [5, 5.41) is 7.19. The van der Waals surface area contributed by atoms with Gasteiger partial charge in [0.1, 0.15) is 0 Å². The number of carbonyl (C=O) groups excluding carboxylic acids is 1. The number of rotatable bonds is 3. The van der Waals surface area contributed by atoms with Gasteiger partial charge in [-0.05, 0) is 50.7 Å². The van der Waals surface area contributed by atoms with Gasteiger partial charge in [-0.3, -0.25) is 9.69 Å². The number of nitrogens with zero attached hydrogens (tertiary/aromatic N) is 3. The lowest BCUT2D eigenvalue weighted by molar-refractivity contribution is -0.119. The van der Waals surface area contributed by atoms with Crippen LogP contribution in [0.3, 0.4) is 0 Å². The highest BCUT2D eigenvalue weighted by atomic mass is 16.2. The minimum Gasteiger partial charge on any atom is -0.325 e. The van der Waals surface area contributed by atoms with Crippen molar-refractivity contribution < 1.29 is 4.79 Å². The van der Waals surface area contributed by atoms with Gasteiger partial charge in [-0.15, -0.1) is 0 Å². The summed E-state index contributed by atoms with van der Waals surface area (Å²) >= 11 is 0. The average Bonchev–Trinajstić information content (AvgIpc) is 3.09. The molecule has 1 aliphatic heterocycles. The van der Waals surface area contributed by atoms with Crippen molar-refractivity contribution in [3.05, 3.63) is 42.7 Å². The van der Waals surface area contributed by atoms with Crippen molar-refractivity contribution in [2.24, 2.45) is 0 Å². The summed E-state index contributed by atoms with van der Waals surface area (Å²) in [4.78, 5) is 14.4. The lowest BCUT2D eigenvalue weighted by Gasteiger charge is -2.18. The molecule has 1 N–H and O–H groups in total. The summed E-state index contributed by atoms with van der Waals surface area (Å²) in [6.45, 7) is 0.991. The normalized spacial score (nSPS) is 19.1. The highest BCUT2D eigenvalue weighted by Gasteiger charge is 2.27. The lowest BCUT2D eigenvalue weighted by atomic mass is 10.2. The summed E-state index contributed by atoms with van der Waals surface area (Å²) in [5.41, 5.74) is 1.75. The fourth-order valence-electron chi connectivity index (χ4n) is 2.61. The topological polar surface area (TPSA) is 50.2 Å². The second-order valence-electron chi connectivity index (χ2n) is 5.13. The van der Waals surface area contributed by atoms with E-state index in [0.717, 1.165) is 30.8 Å². The van der Waals surface area contributed by atoms with Crippen LogP contribution in [0, 0.1) is 0 Å². The molecule has 3 rings (SSSR count). The fraction of sp³-hybridized carbons (Fsp3) is 0.333. The van der Waals surface area contributed by atoms with Crippen LogP contribution in [0.1, 0.15) is 12.8 Å². The number of likely N-dealkylation sites (tertiary alicyclic amines) is 1. The van der Waals surface area contributed by atoms with Gasteiger partial charge >= 0.3 is 0 Å². The monoisotopic (exact) mass is 270 g/mol. The van der Waals surface area contributed by atoms with Gasteiger partial charge in [-0.1, -0.05) is 6.07 Å². The van der Waals surface area contributed by atoms with Crippen molar-refractivity contribution in [1.82, 2.24) is 14.7 Å². The maximum absolute atomic E-state index is 12.2. The van der Waals surface area contributed by atoms with Crippen molar-refractivity contribution in [2.75, 3.05) is 18.9 Å². The minimum absolute atomic E-state index is 0.0108. The minimum atomic E-state index is -0.0108. The molecule has 0 bridgehead atoms. The molecule has 2 heterocycles. The van der Waals surface area contributed by atoms with E-state index in [2.05, 4.69) is 15.3 Å². The van der Waals surface area contributed by atoms with E-state index >= 15 is 0 Å². The lowest BCUT2D eigenvalue weighted by Crippen LogP contribution is -2.37. The van der Waals surface area contributed by atoms with E-state index in [9.17, 15) is 4.79 Å². The molecule has 5 heteroatoms. The van der Waals surface area contributed by atoms with E-state index in [1.165, 1.54) is 0 Å². The van der Waals surface area contributed by atoms with Gasteiger partial charge in [-0.2, -0.15) is 5.10 Å². The first-order chi connectivity index (χ1) is 9.74. The molecule has 1 saturated heterocycles. The van der Waals surface area contributed by atoms with E-state index in [4.69, 9.17) is 0 Å². The van der Waals surface area contributed by atoms with Crippen LogP contribution in [0.5, 0.6) is 0 Å². The molecule has 1 aromatic carbocycles. The molecule has 2 aromatic rings.